The number of carbonyl (C=O) groups excluding carboxylic acids is 1. The van der Waals surface area contributed by atoms with Crippen LogP contribution < -0.4 is 14.9 Å². The number of carbonyl (C=O) groups is 1. The molecule has 7 heteroatoms. The van der Waals surface area contributed by atoms with Crippen molar-refractivity contribution >= 4 is 35.5 Å². The highest BCUT2D eigenvalue weighted by Crippen LogP contribution is 2.28. The summed E-state index contributed by atoms with van der Waals surface area (Å²) in [5.41, 5.74) is 5.61. The van der Waals surface area contributed by atoms with Crippen LogP contribution in [0.1, 0.15) is 16.7 Å². The maximum absolute atomic E-state index is 12.0. The van der Waals surface area contributed by atoms with Gasteiger partial charge >= 0.3 is 0 Å². The molecule has 3 aromatic carbocycles. The summed E-state index contributed by atoms with van der Waals surface area (Å²) in [4.78, 5) is 12.9. The number of rotatable bonds is 9. The molecular weight excluding hydrogens is 432 g/mol. The third kappa shape index (κ3) is 7.05. The minimum atomic E-state index is -0.193. The standard InChI is InChI=1S/C24H23ClN2O3S/c1-17-5-3-4-6-19(17)15-30-22-12-7-18(13-23(22)29-2)14-26-27-24(28)16-31-21-10-8-20(25)9-11-21/h3-14H,15-16H2,1-2H3,(H,27,28)/b26-14+. The van der Waals surface area contributed by atoms with Crippen LogP contribution >= 0.6 is 23.4 Å². The van der Waals surface area contributed by atoms with Gasteiger partial charge in [-0.25, -0.2) is 5.43 Å². The number of benzene rings is 3. The first-order valence-electron chi connectivity index (χ1n) is 9.61. The molecular formula is C24H23ClN2O3S. The van der Waals surface area contributed by atoms with Gasteiger partial charge in [0, 0.05) is 9.92 Å². The fraction of sp³-hybridized carbons (Fsp3) is 0.167. The van der Waals surface area contributed by atoms with E-state index in [4.69, 9.17) is 21.1 Å². The molecule has 1 N–H and O–H groups in total. The fourth-order valence-corrected chi connectivity index (χ4v) is 3.52. The Balaban J connectivity index is 1.52. The van der Waals surface area contributed by atoms with Gasteiger partial charge < -0.3 is 9.47 Å². The number of hydrogen-bond donors (Lipinski definition) is 1. The molecule has 0 saturated heterocycles. The van der Waals surface area contributed by atoms with Crippen molar-refractivity contribution in [3.05, 3.63) is 88.4 Å². The summed E-state index contributed by atoms with van der Waals surface area (Å²) in [6.45, 7) is 2.51. The Morgan fingerprint density at radius 1 is 1.10 bits per heavy atom. The zero-order valence-corrected chi connectivity index (χ0v) is 18.9. The largest absolute Gasteiger partial charge is 0.493 e. The minimum absolute atomic E-state index is 0.193. The molecule has 0 spiro atoms. The second kappa shape index (κ2) is 11.4. The van der Waals surface area contributed by atoms with Crippen molar-refractivity contribution in [3.63, 3.8) is 0 Å². The van der Waals surface area contributed by atoms with Crippen molar-refractivity contribution in [2.24, 2.45) is 5.10 Å². The molecule has 31 heavy (non-hydrogen) atoms. The summed E-state index contributed by atoms with van der Waals surface area (Å²) in [5.74, 6) is 1.31. The van der Waals surface area contributed by atoms with E-state index >= 15 is 0 Å². The van der Waals surface area contributed by atoms with E-state index in [1.807, 2.05) is 48.5 Å². The van der Waals surface area contributed by atoms with Crippen molar-refractivity contribution in [1.82, 2.24) is 5.43 Å². The van der Waals surface area contributed by atoms with E-state index in [9.17, 15) is 4.79 Å². The summed E-state index contributed by atoms with van der Waals surface area (Å²) < 4.78 is 11.4. The number of halogens is 1. The molecule has 0 aliphatic rings. The first-order valence-corrected chi connectivity index (χ1v) is 11.0. The molecule has 0 heterocycles. The fourth-order valence-electron chi connectivity index (χ4n) is 2.70. The van der Waals surface area contributed by atoms with Crippen LogP contribution in [0.15, 0.2) is 76.7 Å². The SMILES string of the molecule is COc1cc(/C=N/NC(=O)CSc2ccc(Cl)cc2)ccc1OCc1ccccc1C. The number of ether oxygens (including phenoxy) is 2. The first kappa shape index (κ1) is 22.7. The smallest absolute Gasteiger partial charge is 0.250 e. The molecule has 0 unspecified atom stereocenters. The van der Waals surface area contributed by atoms with Gasteiger partial charge in [0.2, 0.25) is 5.91 Å². The van der Waals surface area contributed by atoms with E-state index in [-0.39, 0.29) is 11.7 Å². The van der Waals surface area contributed by atoms with Gasteiger partial charge in [0.05, 0.1) is 19.1 Å². The van der Waals surface area contributed by atoms with Crippen molar-refractivity contribution in [1.29, 1.82) is 0 Å². The maximum atomic E-state index is 12.0. The van der Waals surface area contributed by atoms with Gasteiger partial charge in [-0.3, -0.25) is 4.79 Å². The van der Waals surface area contributed by atoms with Crippen molar-refractivity contribution in [2.75, 3.05) is 12.9 Å². The lowest BCUT2D eigenvalue weighted by Gasteiger charge is -2.12. The summed E-state index contributed by atoms with van der Waals surface area (Å²) in [7, 11) is 1.59. The molecule has 0 radical (unpaired) electrons. The number of hydrazone groups is 1. The molecule has 0 saturated carbocycles. The monoisotopic (exact) mass is 454 g/mol. The Kier molecular flexibility index (Phi) is 8.38. The van der Waals surface area contributed by atoms with Crippen molar-refractivity contribution in [3.8, 4) is 11.5 Å². The summed E-state index contributed by atoms with van der Waals surface area (Å²) in [6.07, 6.45) is 1.57. The summed E-state index contributed by atoms with van der Waals surface area (Å²) >= 11 is 7.27. The quantitative estimate of drug-likeness (QED) is 0.264. The van der Waals surface area contributed by atoms with E-state index in [1.165, 1.54) is 17.3 Å². The second-order valence-corrected chi connectivity index (χ2v) is 8.15. The number of thioether (sulfide) groups is 1. The highest BCUT2D eigenvalue weighted by atomic mass is 35.5. The number of hydrogen-bond acceptors (Lipinski definition) is 5. The Morgan fingerprint density at radius 3 is 2.61 bits per heavy atom. The predicted molar refractivity (Wildman–Crippen MR) is 126 cm³/mol. The second-order valence-electron chi connectivity index (χ2n) is 6.66. The number of nitrogens with one attached hydrogen (secondary N) is 1. The van der Waals surface area contributed by atoms with Gasteiger partial charge in [-0.15, -0.1) is 11.8 Å². The Morgan fingerprint density at radius 2 is 1.87 bits per heavy atom. The number of methoxy groups -OCH3 is 1. The average Bonchev–Trinajstić information content (AvgIpc) is 2.78. The molecule has 0 bridgehead atoms. The third-order valence-electron chi connectivity index (χ3n) is 4.42. The Labute approximate surface area is 191 Å². The van der Waals surface area contributed by atoms with Gasteiger partial charge in [-0.1, -0.05) is 35.9 Å². The zero-order valence-electron chi connectivity index (χ0n) is 17.3. The van der Waals surface area contributed by atoms with Gasteiger partial charge in [0.15, 0.2) is 11.5 Å². The van der Waals surface area contributed by atoms with Crippen LogP contribution in [0.5, 0.6) is 11.5 Å². The molecule has 5 nitrogen and oxygen atoms in total. The van der Waals surface area contributed by atoms with E-state index in [0.717, 1.165) is 16.0 Å². The minimum Gasteiger partial charge on any atom is -0.493 e. The summed E-state index contributed by atoms with van der Waals surface area (Å²) in [5, 5.41) is 4.69. The van der Waals surface area contributed by atoms with Gasteiger partial charge in [-0.05, 0) is 66.1 Å². The third-order valence-corrected chi connectivity index (χ3v) is 5.68. The zero-order chi connectivity index (χ0) is 22.1. The average molecular weight is 455 g/mol. The normalized spacial score (nSPS) is 10.8. The number of amides is 1. The Hall–Kier alpha value is -2.96. The first-order chi connectivity index (χ1) is 15.0. The summed E-state index contributed by atoms with van der Waals surface area (Å²) in [6, 6.07) is 20.9. The maximum Gasteiger partial charge on any atom is 0.250 e. The molecule has 0 aliphatic carbocycles. The van der Waals surface area contributed by atoms with E-state index in [1.54, 1.807) is 25.5 Å². The number of nitrogens with zero attached hydrogens (tertiary/aromatic N) is 1. The lowest BCUT2D eigenvalue weighted by Crippen LogP contribution is -2.19. The van der Waals surface area contributed by atoms with E-state index in [0.29, 0.717) is 23.1 Å². The van der Waals surface area contributed by atoms with Crippen LogP contribution in [0.4, 0.5) is 0 Å². The van der Waals surface area contributed by atoms with Gasteiger partial charge in [0.25, 0.3) is 0 Å². The van der Waals surface area contributed by atoms with Gasteiger partial charge in [-0.2, -0.15) is 5.10 Å². The molecule has 3 rings (SSSR count). The molecule has 1 amide bonds. The lowest BCUT2D eigenvalue weighted by atomic mass is 10.1. The van der Waals surface area contributed by atoms with Crippen LogP contribution in [0.3, 0.4) is 0 Å². The van der Waals surface area contributed by atoms with Crippen LogP contribution in [-0.4, -0.2) is 25.0 Å². The van der Waals surface area contributed by atoms with Gasteiger partial charge in [0.1, 0.15) is 6.61 Å². The Bertz CT molecular complexity index is 1050. The van der Waals surface area contributed by atoms with Crippen LogP contribution in [0, 0.1) is 6.92 Å². The molecule has 3 aromatic rings. The van der Waals surface area contributed by atoms with Crippen molar-refractivity contribution in [2.45, 2.75) is 18.4 Å². The van der Waals surface area contributed by atoms with Crippen LogP contribution in [0.25, 0.3) is 0 Å². The lowest BCUT2D eigenvalue weighted by molar-refractivity contribution is -0.118. The molecule has 0 aromatic heterocycles. The molecule has 0 fully saturated rings. The molecule has 160 valence electrons. The van der Waals surface area contributed by atoms with E-state index < -0.39 is 0 Å². The number of aryl methyl sites for hydroxylation is 1. The van der Waals surface area contributed by atoms with E-state index in [2.05, 4.69) is 23.5 Å². The molecule has 0 atom stereocenters. The highest BCUT2D eigenvalue weighted by Gasteiger charge is 2.07. The van der Waals surface area contributed by atoms with Crippen LogP contribution in [0.2, 0.25) is 5.02 Å². The molecule has 0 aliphatic heterocycles. The highest BCUT2D eigenvalue weighted by molar-refractivity contribution is 8.00. The van der Waals surface area contributed by atoms with Crippen LogP contribution in [-0.2, 0) is 11.4 Å². The van der Waals surface area contributed by atoms with Crippen molar-refractivity contribution < 1.29 is 14.3 Å². The topological polar surface area (TPSA) is 59.9 Å². The predicted octanol–water partition coefficient (Wildman–Crippen LogP) is 5.48.